The molecular formula is C42H45BrO4Si. The third kappa shape index (κ3) is 9.88. The number of benzene rings is 5. The minimum atomic E-state index is -2.01. The highest BCUT2D eigenvalue weighted by Gasteiger charge is 2.39. The number of hydrogen-bond acceptors (Lipinski definition) is 4. The lowest BCUT2D eigenvalue weighted by Gasteiger charge is -2.37. The van der Waals surface area contributed by atoms with Crippen LogP contribution in [0.5, 0.6) is 23.0 Å². The molecule has 48 heavy (non-hydrogen) atoms. The van der Waals surface area contributed by atoms with E-state index in [2.05, 4.69) is 117 Å². The molecule has 0 fully saturated rings. The zero-order valence-electron chi connectivity index (χ0n) is 28.5. The Kier molecular flexibility index (Phi) is 11.8. The first-order valence-electron chi connectivity index (χ1n) is 16.4. The molecular weight excluding hydrogens is 676 g/mol. The van der Waals surface area contributed by atoms with Gasteiger partial charge in [-0.3, -0.25) is 0 Å². The van der Waals surface area contributed by atoms with Crippen LogP contribution in [0.1, 0.15) is 48.6 Å². The lowest BCUT2D eigenvalue weighted by molar-refractivity contribution is 0.230. The van der Waals surface area contributed by atoms with Crippen molar-refractivity contribution in [3.8, 4) is 23.0 Å². The fourth-order valence-electron chi connectivity index (χ4n) is 4.81. The topological polar surface area (TPSA) is 36.9 Å². The Bertz CT molecular complexity index is 1720. The molecule has 0 saturated heterocycles. The first-order valence-corrected chi connectivity index (χ1v) is 20.1. The molecule has 5 aromatic rings. The van der Waals surface area contributed by atoms with Crippen molar-refractivity contribution in [2.24, 2.45) is 0 Å². The van der Waals surface area contributed by atoms with E-state index < -0.39 is 8.32 Å². The molecule has 0 aliphatic carbocycles. The van der Waals surface area contributed by atoms with E-state index in [1.165, 1.54) is 0 Å². The first-order chi connectivity index (χ1) is 23.1. The maximum atomic E-state index is 6.75. The molecule has 0 amide bonds. The van der Waals surface area contributed by atoms with Crippen LogP contribution in [-0.4, -0.2) is 8.32 Å². The molecule has 6 heteroatoms. The highest BCUT2D eigenvalue weighted by atomic mass is 79.9. The van der Waals surface area contributed by atoms with Crippen LogP contribution in [0.4, 0.5) is 0 Å². The Morgan fingerprint density at radius 3 is 1.56 bits per heavy atom. The van der Waals surface area contributed by atoms with Crippen molar-refractivity contribution < 1.29 is 18.6 Å². The summed E-state index contributed by atoms with van der Waals surface area (Å²) >= 11 is 3.67. The highest BCUT2D eigenvalue weighted by molar-refractivity contribution is 9.10. The molecule has 5 aromatic carbocycles. The second kappa shape index (κ2) is 16.2. The maximum absolute atomic E-state index is 6.75. The third-order valence-electron chi connectivity index (χ3n) is 8.59. The van der Waals surface area contributed by atoms with Gasteiger partial charge in [-0.05, 0) is 82.7 Å². The fraction of sp³-hybridized carbons (Fsp3) is 0.238. The smallest absolute Gasteiger partial charge is 0.250 e. The van der Waals surface area contributed by atoms with Crippen molar-refractivity contribution in [2.45, 2.75) is 65.1 Å². The van der Waals surface area contributed by atoms with Crippen LogP contribution in [0.15, 0.2) is 132 Å². The van der Waals surface area contributed by atoms with Gasteiger partial charge in [-0.1, -0.05) is 140 Å². The minimum Gasteiger partial charge on any atom is -0.543 e. The summed E-state index contributed by atoms with van der Waals surface area (Å²) in [5.41, 5.74) is 5.30. The summed E-state index contributed by atoms with van der Waals surface area (Å²) in [6.45, 7) is 12.5. The maximum Gasteiger partial charge on any atom is 0.250 e. The van der Waals surface area contributed by atoms with Crippen molar-refractivity contribution in [2.75, 3.05) is 0 Å². The average molecular weight is 722 g/mol. The van der Waals surface area contributed by atoms with Gasteiger partial charge in [0.15, 0.2) is 11.5 Å². The molecule has 0 N–H and O–H groups in total. The second-order valence-electron chi connectivity index (χ2n) is 13.4. The fourth-order valence-corrected chi connectivity index (χ4v) is 6.27. The van der Waals surface area contributed by atoms with Crippen LogP contribution in [0.3, 0.4) is 0 Å². The molecule has 0 radical (unpaired) electrons. The van der Waals surface area contributed by atoms with Crippen LogP contribution in [0.25, 0.3) is 6.08 Å². The lowest BCUT2D eigenvalue weighted by atomic mass is 10.1. The Balaban J connectivity index is 1.47. The molecule has 0 aromatic heterocycles. The Morgan fingerprint density at radius 1 is 0.604 bits per heavy atom. The van der Waals surface area contributed by atoms with Crippen molar-refractivity contribution in [1.82, 2.24) is 0 Å². The van der Waals surface area contributed by atoms with Gasteiger partial charge in [-0.25, -0.2) is 0 Å². The van der Waals surface area contributed by atoms with Gasteiger partial charge >= 0.3 is 0 Å². The monoisotopic (exact) mass is 720 g/mol. The number of allylic oxidation sites excluding steroid dienone is 1. The Labute approximate surface area is 295 Å². The van der Waals surface area contributed by atoms with Crippen LogP contribution in [-0.2, 0) is 26.2 Å². The predicted octanol–water partition coefficient (Wildman–Crippen LogP) is 11.8. The van der Waals surface area contributed by atoms with E-state index in [-0.39, 0.29) is 5.04 Å². The lowest BCUT2D eigenvalue weighted by Crippen LogP contribution is -2.44. The van der Waals surface area contributed by atoms with Crippen molar-refractivity contribution in [1.29, 1.82) is 0 Å². The molecule has 0 bridgehead atoms. The first kappa shape index (κ1) is 35.1. The minimum absolute atomic E-state index is 0.101. The van der Waals surface area contributed by atoms with E-state index in [0.29, 0.717) is 43.5 Å². The van der Waals surface area contributed by atoms with E-state index in [9.17, 15) is 0 Å². The predicted molar refractivity (Wildman–Crippen MR) is 203 cm³/mol. The molecule has 0 heterocycles. The molecule has 248 valence electrons. The quantitative estimate of drug-likeness (QED) is 0.107. The summed E-state index contributed by atoms with van der Waals surface area (Å²) < 4.78 is 27.2. The zero-order chi connectivity index (χ0) is 34.0. The number of hydrogen-bond donors (Lipinski definition) is 0. The highest BCUT2D eigenvalue weighted by Crippen LogP contribution is 2.41. The van der Waals surface area contributed by atoms with Crippen LogP contribution in [0.2, 0.25) is 18.1 Å². The van der Waals surface area contributed by atoms with E-state index in [0.717, 1.165) is 38.0 Å². The zero-order valence-corrected chi connectivity index (χ0v) is 31.1. The summed E-state index contributed by atoms with van der Waals surface area (Å²) in [5.74, 6) is 2.78. The summed E-state index contributed by atoms with van der Waals surface area (Å²) in [7, 11) is -2.01. The van der Waals surface area contributed by atoms with E-state index in [1.54, 1.807) is 0 Å². The largest absolute Gasteiger partial charge is 0.543 e. The van der Waals surface area contributed by atoms with E-state index in [1.807, 2.05) is 66.7 Å². The van der Waals surface area contributed by atoms with Gasteiger partial charge in [0, 0.05) is 4.47 Å². The molecule has 0 spiro atoms. The van der Waals surface area contributed by atoms with Gasteiger partial charge in [0.25, 0.3) is 0 Å². The molecule has 5 rings (SSSR count). The summed E-state index contributed by atoms with van der Waals surface area (Å²) in [5, 5.41) is 0.101. The molecule has 0 aliphatic heterocycles. The molecule has 4 nitrogen and oxygen atoms in total. The molecule has 0 aliphatic rings. The van der Waals surface area contributed by atoms with Crippen LogP contribution < -0.4 is 18.6 Å². The van der Waals surface area contributed by atoms with E-state index in [4.69, 9.17) is 18.6 Å². The normalized spacial score (nSPS) is 11.8. The summed E-state index contributed by atoms with van der Waals surface area (Å²) in [6.07, 6.45) is 4.99. The summed E-state index contributed by atoms with van der Waals surface area (Å²) in [6, 6.07) is 40.8. The number of halogens is 1. The van der Waals surface area contributed by atoms with Crippen LogP contribution in [0, 0.1) is 0 Å². The van der Waals surface area contributed by atoms with Gasteiger partial charge in [0.05, 0.1) is 0 Å². The number of rotatable bonds is 14. The van der Waals surface area contributed by atoms with Crippen molar-refractivity contribution >= 4 is 30.3 Å². The third-order valence-corrected chi connectivity index (χ3v) is 13.4. The molecule has 0 atom stereocenters. The standard InChI is InChI=1S/C42H45BrO4Si/c1-42(2,3)48(4,5)47-38-25-24-37(43)28-36(38)23-15-22-35-26-39(44-29-32-16-9-6-10-17-32)41(46-31-34-20-13-8-14-21-34)40(27-35)45-30-33-18-11-7-12-19-33/h6-22,24-28H,23,29-31H2,1-5H3. The molecule has 0 unspecified atom stereocenters. The van der Waals surface area contributed by atoms with Gasteiger partial charge in [-0.2, -0.15) is 0 Å². The SMILES string of the molecule is CC(C)(C)[Si](C)(C)Oc1ccc(Br)cc1CC=Cc1cc(OCc2ccccc2)c(OCc2ccccc2)c(OCc2ccccc2)c1. The van der Waals surface area contributed by atoms with Gasteiger partial charge < -0.3 is 18.6 Å². The Morgan fingerprint density at radius 2 is 1.08 bits per heavy atom. The Hall–Kier alpha value is -4.26. The van der Waals surface area contributed by atoms with Crippen molar-refractivity contribution in [3.63, 3.8) is 0 Å². The average Bonchev–Trinajstić information content (AvgIpc) is 3.08. The van der Waals surface area contributed by atoms with Gasteiger partial charge in [0.2, 0.25) is 14.1 Å². The summed E-state index contributed by atoms with van der Waals surface area (Å²) in [4.78, 5) is 0. The molecule has 0 saturated carbocycles. The van der Waals surface area contributed by atoms with Gasteiger partial charge in [0.1, 0.15) is 25.6 Å². The van der Waals surface area contributed by atoms with Crippen molar-refractivity contribution in [3.05, 3.63) is 160 Å². The van der Waals surface area contributed by atoms with Crippen LogP contribution >= 0.6 is 15.9 Å². The number of ether oxygens (including phenoxy) is 3. The van der Waals surface area contributed by atoms with Gasteiger partial charge in [-0.15, -0.1) is 0 Å². The van der Waals surface area contributed by atoms with E-state index >= 15 is 0 Å². The second-order valence-corrected chi connectivity index (χ2v) is 19.0.